The molecule has 11 heteroatoms. The van der Waals surface area contributed by atoms with E-state index in [1.54, 1.807) is 0 Å². The third kappa shape index (κ3) is 32.2. The molecule has 0 unspecified atom stereocenters. The summed E-state index contributed by atoms with van der Waals surface area (Å²) in [5.41, 5.74) is 0. The van der Waals surface area contributed by atoms with Gasteiger partial charge < -0.3 is 9.11 Å². The zero-order chi connectivity index (χ0) is 14.7. The van der Waals surface area contributed by atoms with E-state index in [1.807, 2.05) is 13.8 Å². The Bertz CT molecular complexity index is 340. The van der Waals surface area contributed by atoms with Gasteiger partial charge in [-0.3, -0.25) is 8.37 Å². The normalized spacial score (nSPS) is 11.2. The topological polar surface area (TPSA) is 133 Å². The van der Waals surface area contributed by atoms with Crippen LogP contribution >= 0.6 is 0 Å². The van der Waals surface area contributed by atoms with Gasteiger partial charge in [-0.05, 0) is 12.8 Å². The standard InChI is InChI=1S/2C4H10O4S.Mg/c2*1-2-3-4-8-9(5,6)7;/h2*2-4H2,1H3,(H,5,6,7);/q;;+2/p-2. The molecule has 0 bridgehead atoms. The van der Waals surface area contributed by atoms with Crippen molar-refractivity contribution in [3.63, 3.8) is 0 Å². The first kappa shape index (κ1) is 24.5. The maximum absolute atomic E-state index is 9.73. The Kier molecular flexibility index (Phi) is 17.4. The Morgan fingerprint density at radius 3 is 1.21 bits per heavy atom. The van der Waals surface area contributed by atoms with Crippen LogP contribution in [0.15, 0.2) is 0 Å². The Balaban J connectivity index is -0.000000256. The minimum Gasteiger partial charge on any atom is -0.726 e. The van der Waals surface area contributed by atoms with Crippen LogP contribution in [0.3, 0.4) is 0 Å². The number of hydrogen-bond donors (Lipinski definition) is 0. The third-order valence-corrected chi connectivity index (χ3v) is 2.36. The molecule has 0 fully saturated rings. The van der Waals surface area contributed by atoms with Crippen molar-refractivity contribution in [2.75, 3.05) is 13.2 Å². The number of rotatable bonds is 8. The molecule has 0 heterocycles. The molecular formula is C8H18MgO8S2. The minimum absolute atomic E-state index is 0. The molecule has 0 aliphatic carbocycles. The maximum atomic E-state index is 9.73. The summed E-state index contributed by atoms with van der Waals surface area (Å²) in [6, 6.07) is 0. The molecule has 8 nitrogen and oxygen atoms in total. The number of unbranched alkanes of at least 4 members (excludes halogenated alkanes) is 2. The van der Waals surface area contributed by atoms with Gasteiger partial charge >= 0.3 is 23.1 Å². The molecule has 112 valence electrons. The summed E-state index contributed by atoms with van der Waals surface area (Å²) >= 11 is 0. The van der Waals surface area contributed by atoms with Crippen molar-refractivity contribution >= 4 is 43.9 Å². The van der Waals surface area contributed by atoms with Crippen molar-refractivity contribution in [1.82, 2.24) is 0 Å². The van der Waals surface area contributed by atoms with E-state index in [-0.39, 0.29) is 36.3 Å². The van der Waals surface area contributed by atoms with Crippen molar-refractivity contribution in [3.8, 4) is 0 Å². The average Bonchev–Trinajstić information content (AvgIpc) is 2.16. The molecule has 0 radical (unpaired) electrons. The second-order valence-electron chi connectivity index (χ2n) is 3.17. The molecule has 0 aliphatic heterocycles. The van der Waals surface area contributed by atoms with Gasteiger partial charge in [0.15, 0.2) is 0 Å². The van der Waals surface area contributed by atoms with E-state index < -0.39 is 20.8 Å². The molecule has 0 aromatic heterocycles. The monoisotopic (exact) mass is 330 g/mol. The first-order chi connectivity index (χ1) is 8.12. The maximum Gasteiger partial charge on any atom is 2.00 e. The van der Waals surface area contributed by atoms with Crippen LogP contribution in [0.4, 0.5) is 0 Å². The first-order valence-electron chi connectivity index (χ1n) is 5.32. The van der Waals surface area contributed by atoms with E-state index in [0.717, 1.165) is 12.8 Å². The summed E-state index contributed by atoms with van der Waals surface area (Å²) in [5, 5.41) is 0. The molecule has 0 rings (SSSR count). The minimum atomic E-state index is -4.45. The van der Waals surface area contributed by atoms with Crippen LogP contribution < -0.4 is 0 Å². The molecule has 19 heavy (non-hydrogen) atoms. The number of hydrogen-bond acceptors (Lipinski definition) is 8. The van der Waals surface area contributed by atoms with Gasteiger partial charge in [0.1, 0.15) is 0 Å². The fraction of sp³-hybridized carbons (Fsp3) is 1.00. The molecule has 0 aromatic carbocycles. The van der Waals surface area contributed by atoms with Gasteiger partial charge in [0.2, 0.25) is 20.8 Å². The van der Waals surface area contributed by atoms with Gasteiger partial charge in [-0.15, -0.1) is 0 Å². The van der Waals surface area contributed by atoms with Crippen LogP contribution in [0, 0.1) is 0 Å². The molecule has 0 aliphatic rings. The summed E-state index contributed by atoms with van der Waals surface area (Å²) in [6.07, 6.45) is 2.83. The molecule has 0 amide bonds. The Hall–Kier alpha value is 0.506. The third-order valence-electron chi connectivity index (χ3n) is 1.45. The molecule has 0 atom stereocenters. The molecular weight excluding hydrogens is 313 g/mol. The van der Waals surface area contributed by atoms with Crippen LogP contribution in [-0.2, 0) is 29.2 Å². The van der Waals surface area contributed by atoms with E-state index in [1.165, 1.54) is 0 Å². The smallest absolute Gasteiger partial charge is 0.726 e. The molecule has 0 spiro atoms. The summed E-state index contributed by atoms with van der Waals surface area (Å²) < 4.78 is 66.1. The quantitative estimate of drug-likeness (QED) is 0.266. The second-order valence-corrected chi connectivity index (χ2v) is 5.27. The van der Waals surface area contributed by atoms with Crippen LogP contribution in [0.5, 0.6) is 0 Å². The van der Waals surface area contributed by atoms with Crippen molar-refractivity contribution in [1.29, 1.82) is 0 Å². The van der Waals surface area contributed by atoms with Crippen LogP contribution in [-0.4, -0.2) is 62.2 Å². The molecule has 0 aromatic rings. The van der Waals surface area contributed by atoms with Crippen molar-refractivity contribution in [2.24, 2.45) is 0 Å². The predicted octanol–water partition coefficient (Wildman–Crippen LogP) is 0.146. The van der Waals surface area contributed by atoms with E-state index >= 15 is 0 Å². The van der Waals surface area contributed by atoms with Crippen LogP contribution in [0.2, 0.25) is 0 Å². The first-order valence-corrected chi connectivity index (χ1v) is 7.99. The second kappa shape index (κ2) is 13.5. The van der Waals surface area contributed by atoms with Gasteiger partial charge in [0.05, 0.1) is 13.2 Å². The van der Waals surface area contributed by atoms with Crippen molar-refractivity contribution in [2.45, 2.75) is 39.5 Å². The van der Waals surface area contributed by atoms with Gasteiger partial charge in [0, 0.05) is 0 Å². The Morgan fingerprint density at radius 1 is 0.789 bits per heavy atom. The SMILES string of the molecule is CCCCOS(=O)(=O)[O-].CCCCOS(=O)(=O)[O-].[Mg+2]. The zero-order valence-corrected chi connectivity index (χ0v) is 14.1. The molecule has 0 N–H and O–H groups in total. The summed E-state index contributed by atoms with van der Waals surface area (Å²) in [5.74, 6) is 0. The predicted molar refractivity (Wildman–Crippen MR) is 66.9 cm³/mol. The zero-order valence-electron chi connectivity index (χ0n) is 11.0. The van der Waals surface area contributed by atoms with Gasteiger partial charge in [-0.25, -0.2) is 16.8 Å². The van der Waals surface area contributed by atoms with E-state index in [2.05, 4.69) is 8.37 Å². The van der Waals surface area contributed by atoms with E-state index in [0.29, 0.717) is 12.8 Å². The van der Waals surface area contributed by atoms with Gasteiger partial charge in [-0.1, -0.05) is 26.7 Å². The molecule has 0 saturated carbocycles. The molecule has 0 saturated heterocycles. The van der Waals surface area contributed by atoms with Gasteiger partial charge in [-0.2, -0.15) is 0 Å². The Labute approximate surface area is 130 Å². The van der Waals surface area contributed by atoms with E-state index in [9.17, 15) is 25.9 Å². The van der Waals surface area contributed by atoms with Crippen molar-refractivity contribution in [3.05, 3.63) is 0 Å². The fourth-order valence-corrected chi connectivity index (χ4v) is 1.25. The summed E-state index contributed by atoms with van der Waals surface area (Å²) in [4.78, 5) is 0. The Morgan fingerprint density at radius 2 is 1.05 bits per heavy atom. The van der Waals surface area contributed by atoms with Crippen LogP contribution in [0.1, 0.15) is 39.5 Å². The summed E-state index contributed by atoms with van der Waals surface area (Å²) in [7, 11) is -8.89. The summed E-state index contributed by atoms with van der Waals surface area (Å²) in [6.45, 7) is 3.76. The van der Waals surface area contributed by atoms with Gasteiger partial charge in [0.25, 0.3) is 0 Å². The van der Waals surface area contributed by atoms with E-state index in [4.69, 9.17) is 0 Å². The van der Waals surface area contributed by atoms with Crippen LogP contribution in [0.25, 0.3) is 0 Å². The average molecular weight is 331 g/mol. The fourth-order valence-electron chi connectivity index (χ4n) is 0.611. The largest absolute Gasteiger partial charge is 2.00 e. The van der Waals surface area contributed by atoms with Crippen molar-refractivity contribution < 1.29 is 34.3 Å².